The van der Waals surface area contributed by atoms with Crippen molar-refractivity contribution in [1.82, 2.24) is 15.8 Å². The van der Waals surface area contributed by atoms with Crippen molar-refractivity contribution in [3.05, 3.63) is 29.3 Å². The van der Waals surface area contributed by atoms with Gasteiger partial charge in [-0.2, -0.15) is 0 Å². The number of benzene rings is 1. The molecular formula is C11H11N3O2S. The molecule has 0 saturated heterocycles. The van der Waals surface area contributed by atoms with E-state index in [1.54, 1.807) is 0 Å². The number of carbonyl (C=O) groups is 2. The highest BCUT2D eigenvalue weighted by atomic mass is 32.1. The number of nitrogens with one attached hydrogen (secondary N) is 2. The molecule has 0 atom stereocenters. The van der Waals surface area contributed by atoms with Crippen LogP contribution in [0, 0.1) is 0 Å². The molecule has 2 aromatic rings. The summed E-state index contributed by atoms with van der Waals surface area (Å²) >= 11 is 1.48. The molecule has 0 saturated carbocycles. The summed E-state index contributed by atoms with van der Waals surface area (Å²) in [5.41, 5.74) is 5.43. The molecule has 2 rings (SSSR count). The first kappa shape index (κ1) is 11.5. The third-order valence-electron chi connectivity index (χ3n) is 2.03. The molecule has 6 heteroatoms. The summed E-state index contributed by atoms with van der Waals surface area (Å²) in [5, 5.41) is 0.731. The van der Waals surface area contributed by atoms with Gasteiger partial charge < -0.3 is 0 Å². The number of amides is 2. The Balaban J connectivity index is 2.03. The first-order valence-electron chi connectivity index (χ1n) is 5.05. The van der Waals surface area contributed by atoms with Gasteiger partial charge in [0, 0.05) is 6.92 Å². The monoisotopic (exact) mass is 249 g/mol. The highest BCUT2D eigenvalue weighted by Gasteiger charge is 2.08. The highest BCUT2D eigenvalue weighted by Crippen LogP contribution is 2.21. The van der Waals surface area contributed by atoms with Crippen molar-refractivity contribution in [3.8, 4) is 0 Å². The molecule has 88 valence electrons. The molecule has 5 nitrogen and oxygen atoms in total. The maximum Gasteiger partial charge on any atom is 0.245 e. The first-order valence-corrected chi connectivity index (χ1v) is 5.86. The van der Waals surface area contributed by atoms with Crippen molar-refractivity contribution < 1.29 is 9.59 Å². The number of rotatable bonds is 2. The maximum absolute atomic E-state index is 11.4. The van der Waals surface area contributed by atoms with Gasteiger partial charge in [0.05, 0.1) is 16.6 Å². The average Bonchev–Trinajstić information content (AvgIpc) is 2.68. The molecule has 2 amide bonds. The fourth-order valence-corrected chi connectivity index (χ4v) is 2.30. The van der Waals surface area contributed by atoms with E-state index in [2.05, 4.69) is 15.8 Å². The third kappa shape index (κ3) is 3.01. The lowest BCUT2D eigenvalue weighted by molar-refractivity contribution is -0.127. The summed E-state index contributed by atoms with van der Waals surface area (Å²) in [6.45, 7) is 1.33. The van der Waals surface area contributed by atoms with Gasteiger partial charge in [0.1, 0.15) is 5.01 Å². The second-order valence-electron chi connectivity index (χ2n) is 3.48. The van der Waals surface area contributed by atoms with Crippen LogP contribution in [0.2, 0.25) is 0 Å². The number of thiazole rings is 1. The van der Waals surface area contributed by atoms with Crippen LogP contribution in [-0.2, 0) is 16.0 Å². The Morgan fingerprint density at radius 2 is 2.06 bits per heavy atom. The summed E-state index contributed by atoms with van der Waals surface area (Å²) in [7, 11) is 0. The molecule has 0 aliphatic heterocycles. The van der Waals surface area contributed by atoms with Crippen LogP contribution in [0.25, 0.3) is 10.2 Å². The van der Waals surface area contributed by atoms with Crippen LogP contribution < -0.4 is 10.9 Å². The fourth-order valence-electron chi connectivity index (χ4n) is 1.33. The van der Waals surface area contributed by atoms with Crippen LogP contribution in [0.1, 0.15) is 11.9 Å². The number of hydrazine groups is 1. The molecule has 2 N–H and O–H groups in total. The highest BCUT2D eigenvalue weighted by molar-refractivity contribution is 7.18. The van der Waals surface area contributed by atoms with E-state index in [0.717, 1.165) is 15.2 Å². The van der Waals surface area contributed by atoms with Gasteiger partial charge in [-0.25, -0.2) is 4.98 Å². The number of hydrogen-bond acceptors (Lipinski definition) is 4. The van der Waals surface area contributed by atoms with Crippen molar-refractivity contribution in [2.24, 2.45) is 0 Å². The lowest BCUT2D eigenvalue weighted by Crippen LogP contribution is -2.41. The second-order valence-corrected chi connectivity index (χ2v) is 4.60. The van der Waals surface area contributed by atoms with Crippen molar-refractivity contribution in [2.75, 3.05) is 0 Å². The number of hydrogen-bond donors (Lipinski definition) is 2. The molecule has 0 radical (unpaired) electrons. The van der Waals surface area contributed by atoms with E-state index in [4.69, 9.17) is 0 Å². The van der Waals surface area contributed by atoms with Gasteiger partial charge >= 0.3 is 0 Å². The zero-order valence-electron chi connectivity index (χ0n) is 9.19. The molecule has 0 fully saturated rings. The molecule has 0 aliphatic carbocycles. The Kier molecular flexibility index (Phi) is 3.34. The Labute approximate surface area is 102 Å². The average molecular weight is 249 g/mol. The van der Waals surface area contributed by atoms with E-state index in [1.807, 2.05) is 24.3 Å². The van der Waals surface area contributed by atoms with Gasteiger partial charge in [-0.15, -0.1) is 11.3 Å². The second kappa shape index (κ2) is 4.92. The van der Waals surface area contributed by atoms with E-state index in [1.165, 1.54) is 18.3 Å². The van der Waals surface area contributed by atoms with E-state index in [9.17, 15) is 9.59 Å². The Hall–Kier alpha value is -1.95. The number of aromatic nitrogens is 1. The Morgan fingerprint density at radius 1 is 1.29 bits per heavy atom. The van der Waals surface area contributed by atoms with Crippen molar-refractivity contribution in [3.63, 3.8) is 0 Å². The molecule has 1 aromatic carbocycles. The zero-order valence-corrected chi connectivity index (χ0v) is 10.0. The number of nitrogens with zero attached hydrogens (tertiary/aromatic N) is 1. The summed E-state index contributed by atoms with van der Waals surface area (Å²) in [4.78, 5) is 26.4. The normalized spacial score (nSPS) is 10.2. The first-order chi connectivity index (χ1) is 8.15. The predicted molar refractivity (Wildman–Crippen MR) is 65.3 cm³/mol. The third-order valence-corrected chi connectivity index (χ3v) is 3.06. The Morgan fingerprint density at radius 3 is 2.76 bits per heavy atom. The lowest BCUT2D eigenvalue weighted by Gasteiger charge is -2.02. The van der Waals surface area contributed by atoms with Crippen LogP contribution in [0.15, 0.2) is 24.3 Å². The minimum absolute atomic E-state index is 0.166. The predicted octanol–water partition coefficient (Wildman–Crippen LogP) is 1.01. The van der Waals surface area contributed by atoms with Crippen molar-refractivity contribution in [2.45, 2.75) is 13.3 Å². The largest absolute Gasteiger partial charge is 0.274 e. The standard InChI is InChI=1S/C11H11N3O2S/c1-7(15)13-14-10(16)6-11-12-8-4-2-3-5-9(8)17-11/h2-5H,6H2,1H3,(H,13,15)(H,14,16). The molecule has 1 aromatic heterocycles. The lowest BCUT2D eigenvalue weighted by atomic mass is 10.3. The minimum Gasteiger partial charge on any atom is -0.274 e. The van der Waals surface area contributed by atoms with Gasteiger partial charge in [0.25, 0.3) is 0 Å². The molecule has 0 spiro atoms. The molecule has 0 unspecified atom stereocenters. The van der Waals surface area contributed by atoms with Crippen LogP contribution in [0.5, 0.6) is 0 Å². The van der Waals surface area contributed by atoms with Crippen LogP contribution in [0.3, 0.4) is 0 Å². The summed E-state index contributed by atoms with van der Waals surface area (Å²) < 4.78 is 1.05. The van der Waals surface area contributed by atoms with E-state index in [0.29, 0.717) is 0 Å². The topological polar surface area (TPSA) is 71.1 Å². The van der Waals surface area contributed by atoms with E-state index < -0.39 is 0 Å². The smallest absolute Gasteiger partial charge is 0.245 e. The SMILES string of the molecule is CC(=O)NNC(=O)Cc1nc2ccccc2s1. The molecule has 1 heterocycles. The quantitative estimate of drug-likeness (QED) is 0.780. The zero-order chi connectivity index (χ0) is 12.3. The van der Waals surface area contributed by atoms with Crippen LogP contribution in [0.4, 0.5) is 0 Å². The van der Waals surface area contributed by atoms with E-state index in [-0.39, 0.29) is 18.2 Å². The molecule has 0 bridgehead atoms. The minimum atomic E-state index is -0.303. The van der Waals surface area contributed by atoms with Gasteiger partial charge in [-0.1, -0.05) is 12.1 Å². The van der Waals surface area contributed by atoms with Gasteiger partial charge in [0.2, 0.25) is 11.8 Å². The maximum atomic E-state index is 11.4. The molecular weight excluding hydrogens is 238 g/mol. The summed E-state index contributed by atoms with van der Waals surface area (Å²) in [6.07, 6.45) is 0.166. The van der Waals surface area contributed by atoms with Crippen LogP contribution in [-0.4, -0.2) is 16.8 Å². The molecule has 0 aliphatic rings. The van der Waals surface area contributed by atoms with Crippen molar-refractivity contribution in [1.29, 1.82) is 0 Å². The number of fused-ring (bicyclic) bond motifs is 1. The van der Waals surface area contributed by atoms with E-state index >= 15 is 0 Å². The van der Waals surface area contributed by atoms with Gasteiger partial charge in [-0.3, -0.25) is 20.4 Å². The number of carbonyl (C=O) groups excluding carboxylic acids is 2. The molecule has 17 heavy (non-hydrogen) atoms. The summed E-state index contributed by atoms with van der Waals surface area (Å²) in [6, 6.07) is 7.70. The Bertz CT molecular complexity index is 532. The van der Waals surface area contributed by atoms with Gasteiger partial charge in [0.15, 0.2) is 0 Å². The summed E-state index contributed by atoms with van der Waals surface area (Å²) in [5.74, 6) is -0.582. The van der Waals surface area contributed by atoms with Gasteiger partial charge in [-0.05, 0) is 12.1 Å². The van der Waals surface area contributed by atoms with Crippen LogP contribution >= 0.6 is 11.3 Å². The fraction of sp³-hybridized carbons (Fsp3) is 0.182. The van der Waals surface area contributed by atoms with Crippen molar-refractivity contribution >= 4 is 33.4 Å². The number of para-hydroxylation sites is 1.